The van der Waals surface area contributed by atoms with Crippen LogP contribution in [-0.2, 0) is 40.5 Å². The van der Waals surface area contributed by atoms with Gasteiger partial charge in [-0.1, -0.05) is 12.5 Å². The number of rotatable bonds is 10. The fourth-order valence-corrected chi connectivity index (χ4v) is 8.33. The molecule has 3 aliphatic heterocycles. The van der Waals surface area contributed by atoms with Crippen molar-refractivity contribution in [2.24, 2.45) is 0 Å². The van der Waals surface area contributed by atoms with Gasteiger partial charge in [0.15, 0.2) is 0 Å². The topological polar surface area (TPSA) is 102 Å². The molecule has 1 atom stereocenters. The van der Waals surface area contributed by atoms with E-state index in [0.29, 0.717) is 68.3 Å². The summed E-state index contributed by atoms with van der Waals surface area (Å²) in [5, 5.41) is 15.8. The molecule has 1 N–H and O–H groups in total. The van der Waals surface area contributed by atoms with Gasteiger partial charge in [-0.15, -0.1) is 11.8 Å². The van der Waals surface area contributed by atoms with Crippen LogP contribution in [0.15, 0.2) is 23.1 Å². The van der Waals surface area contributed by atoms with Gasteiger partial charge in [-0.2, -0.15) is 22.6 Å². The lowest BCUT2D eigenvalue weighted by Gasteiger charge is -2.34. The lowest BCUT2D eigenvalue weighted by atomic mass is 10.0. The van der Waals surface area contributed by atoms with Crippen molar-refractivity contribution in [3.63, 3.8) is 0 Å². The molecule has 0 spiro atoms. The number of hydrogen-bond donors (Lipinski definition) is 1. The smallest absolute Gasteiger partial charge is 0.390 e. The molecule has 5 rings (SSSR count). The van der Waals surface area contributed by atoms with Crippen LogP contribution >= 0.6 is 11.8 Å². The van der Waals surface area contributed by atoms with E-state index in [2.05, 4.69) is 9.80 Å². The number of amides is 1. The molecular formula is C30H43F3N6O4S2. The van der Waals surface area contributed by atoms with Crippen molar-refractivity contribution in [3.8, 4) is 11.3 Å². The van der Waals surface area contributed by atoms with Crippen LogP contribution in [0.5, 0.6) is 0 Å². The van der Waals surface area contributed by atoms with Crippen molar-refractivity contribution in [1.82, 2.24) is 28.8 Å². The molecule has 2 fully saturated rings. The van der Waals surface area contributed by atoms with Gasteiger partial charge in [0.2, 0.25) is 15.9 Å². The number of halogens is 3. The fourth-order valence-electron chi connectivity index (χ4n) is 6.42. The average Bonchev–Trinajstić information content (AvgIpc) is 3.34. The highest BCUT2D eigenvalue weighted by Crippen LogP contribution is 2.40. The van der Waals surface area contributed by atoms with Gasteiger partial charge in [0.05, 0.1) is 30.2 Å². The van der Waals surface area contributed by atoms with E-state index in [1.54, 1.807) is 9.58 Å². The second-order valence-electron chi connectivity index (χ2n) is 12.2. The van der Waals surface area contributed by atoms with Crippen LogP contribution in [0.1, 0.15) is 43.0 Å². The zero-order valence-corrected chi connectivity index (χ0v) is 27.6. The van der Waals surface area contributed by atoms with E-state index in [9.17, 15) is 31.5 Å². The Balaban J connectivity index is 1.39. The van der Waals surface area contributed by atoms with E-state index < -0.39 is 27.9 Å². The highest BCUT2D eigenvalue weighted by molar-refractivity contribution is 7.99. The quantitative estimate of drug-likeness (QED) is 0.385. The number of aromatic nitrogens is 2. The number of carbonyl (C=O) groups is 1. The Hall–Kier alpha value is -2.17. The van der Waals surface area contributed by atoms with Crippen molar-refractivity contribution >= 4 is 27.7 Å². The number of aliphatic hydroxyl groups excluding tert-OH is 1. The van der Waals surface area contributed by atoms with Crippen molar-refractivity contribution in [2.75, 3.05) is 70.9 Å². The highest BCUT2D eigenvalue weighted by Gasteiger charge is 2.35. The molecule has 250 valence electrons. The molecule has 1 aromatic carbocycles. The first-order chi connectivity index (χ1) is 21.3. The number of aliphatic hydroxyl groups is 1. The number of carbonyl (C=O) groups excluding carboxylic acids is 1. The van der Waals surface area contributed by atoms with Crippen LogP contribution in [0.3, 0.4) is 0 Å². The molecule has 15 heteroatoms. The van der Waals surface area contributed by atoms with E-state index in [4.69, 9.17) is 5.10 Å². The number of likely N-dealkylation sites (tertiary alicyclic amines) is 1. The number of β-amino-alcohol motifs (C(OH)–C–C–N with tert-alkyl or cyclic N) is 1. The Labute approximate surface area is 267 Å². The normalized spacial score (nSPS) is 19.9. The van der Waals surface area contributed by atoms with Crippen molar-refractivity contribution < 1.29 is 31.5 Å². The Morgan fingerprint density at radius 3 is 2.38 bits per heavy atom. The standard InChI is InChI=1S/C30H43F3N6O4S2/c1-22(40)37-14-12-35(13-15-37)16-17-44-28-18-23(6-7-26(28)30(31,32)33)29-25-21-38(45(2,42)43)11-8-27(25)39(34-29)20-24(41)19-36-9-4-3-5-10-36/h6-7,18,24,41H,3-5,8-17,19-21H2,1-2H3. The summed E-state index contributed by atoms with van der Waals surface area (Å²) >= 11 is 1.13. The number of nitrogens with zero attached hydrogens (tertiary/aromatic N) is 6. The van der Waals surface area contributed by atoms with Gasteiger partial charge in [0.25, 0.3) is 0 Å². The Morgan fingerprint density at radius 2 is 1.73 bits per heavy atom. The predicted octanol–water partition coefficient (Wildman–Crippen LogP) is 2.99. The third kappa shape index (κ3) is 8.60. The first-order valence-corrected chi connectivity index (χ1v) is 18.4. The number of alkyl halides is 3. The van der Waals surface area contributed by atoms with Crippen molar-refractivity contribution in [1.29, 1.82) is 0 Å². The number of benzene rings is 1. The minimum Gasteiger partial charge on any atom is -0.390 e. The molecule has 1 aromatic heterocycles. The van der Waals surface area contributed by atoms with Gasteiger partial charge in [-0.25, -0.2) is 8.42 Å². The van der Waals surface area contributed by atoms with Crippen LogP contribution < -0.4 is 0 Å². The molecule has 2 aromatic rings. The molecule has 45 heavy (non-hydrogen) atoms. The molecular weight excluding hydrogens is 629 g/mol. The number of fused-ring (bicyclic) bond motifs is 1. The monoisotopic (exact) mass is 672 g/mol. The zero-order valence-electron chi connectivity index (χ0n) is 25.9. The maximum atomic E-state index is 14.1. The lowest BCUT2D eigenvalue weighted by Crippen LogP contribution is -2.48. The summed E-state index contributed by atoms with van der Waals surface area (Å²) in [5.41, 5.74) is 1.67. The third-order valence-electron chi connectivity index (χ3n) is 8.91. The Morgan fingerprint density at radius 1 is 1.02 bits per heavy atom. The van der Waals surface area contributed by atoms with Gasteiger partial charge < -0.3 is 14.9 Å². The number of sulfonamides is 1. The zero-order chi connectivity index (χ0) is 32.4. The first kappa shape index (κ1) is 34.2. The summed E-state index contributed by atoms with van der Waals surface area (Å²) < 4.78 is 70.3. The van der Waals surface area contributed by atoms with Gasteiger partial charge >= 0.3 is 6.18 Å². The molecule has 0 saturated carbocycles. The van der Waals surface area contributed by atoms with E-state index in [-0.39, 0.29) is 30.4 Å². The second kappa shape index (κ2) is 14.3. The number of piperidine rings is 1. The van der Waals surface area contributed by atoms with E-state index in [0.717, 1.165) is 55.7 Å². The summed E-state index contributed by atoms with van der Waals surface area (Å²) in [6, 6.07) is 4.00. The molecule has 2 saturated heterocycles. The lowest BCUT2D eigenvalue weighted by molar-refractivity contribution is -0.139. The molecule has 1 amide bonds. The largest absolute Gasteiger partial charge is 0.417 e. The molecule has 10 nitrogen and oxygen atoms in total. The fraction of sp³-hybridized carbons (Fsp3) is 0.667. The van der Waals surface area contributed by atoms with Crippen LogP contribution in [0.2, 0.25) is 0 Å². The Bertz CT molecular complexity index is 1450. The third-order valence-corrected chi connectivity index (χ3v) is 11.2. The summed E-state index contributed by atoms with van der Waals surface area (Å²) in [6.07, 6.45) is -0.310. The van der Waals surface area contributed by atoms with Crippen LogP contribution in [0, 0.1) is 0 Å². The SMILES string of the molecule is CC(=O)N1CCN(CCSc2cc(-c3nn(CC(O)CN4CCCCC4)c4c3CN(S(C)(=O)=O)CC4)ccc2C(F)(F)F)CC1. The van der Waals surface area contributed by atoms with Crippen LogP contribution in [-0.4, -0.2) is 125 Å². The molecule has 1 unspecified atom stereocenters. The maximum Gasteiger partial charge on any atom is 0.417 e. The molecule has 3 aliphatic rings. The Kier molecular flexibility index (Phi) is 10.9. The van der Waals surface area contributed by atoms with Crippen molar-refractivity contribution in [2.45, 2.75) is 62.9 Å². The van der Waals surface area contributed by atoms with Crippen molar-refractivity contribution in [3.05, 3.63) is 35.0 Å². The molecule has 0 bridgehead atoms. The summed E-state index contributed by atoms with van der Waals surface area (Å²) in [5.74, 6) is 0.459. The van der Waals surface area contributed by atoms with E-state index >= 15 is 0 Å². The van der Waals surface area contributed by atoms with Gasteiger partial charge in [0, 0.05) is 93.2 Å². The molecule has 0 aliphatic carbocycles. The van der Waals surface area contributed by atoms with Crippen LogP contribution in [0.4, 0.5) is 13.2 Å². The van der Waals surface area contributed by atoms with E-state index in [1.807, 2.05) is 0 Å². The minimum absolute atomic E-state index is 0.0245. The molecule has 0 radical (unpaired) electrons. The number of piperazine rings is 1. The summed E-state index contributed by atoms with van der Waals surface area (Å²) in [7, 11) is -3.50. The average molecular weight is 673 g/mol. The highest BCUT2D eigenvalue weighted by atomic mass is 32.2. The van der Waals surface area contributed by atoms with Gasteiger partial charge in [0.1, 0.15) is 0 Å². The van der Waals surface area contributed by atoms with Crippen LogP contribution in [0.25, 0.3) is 11.3 Å². The van der Waals surface area contributed by atoms with Gasteiger partial charge in [-0.3, -0.25) is 14.4 Å². The molecule has 4 heterocycles. The van der Waals surface area contributed by atoms with Gasteiger partial charge in [-0.05, 0) is 38.1 Å². The second-order valence-corrected chi connectivity index (χ2v) is 15.3. The summed E-state index contributed by atoms with van der Waals surface area (Å²) in [4.78, 5) is 17.9. The first-order valence-electron chi connectivity index (χ1n) is 15.6. The maximum absolute atomic E-state index is 14.1. The number of thioether (sulfide) groups is 1. The van der Waals surface area contributed by atoms with E-state index in [1.165, 1.54) is 29.8 Å². The number of hydrogen-bond acceptors (Lipinski definition) is 8. The minimum atomic E-state index is -4.54. The summed E-state index contributed by atoms with van der Waals surface area (Å²) in [6.45, 7) is 7.62. The predicted molar refractivity (Wildman–Crippen MR) is 167 cm³/mol.